The zero-order valence-electron chi connectivity index (χ0n) is 5.03. The molecule has 0 rings (SSSR count). The van der Waals surface area contributed by atoms with Crippen LogP contribution in [-0.4, -0.2) is 0 Å². The molecule has 0 heterocycles. The molecule has 0 N–H and O–H groups in total. The van der Waals surface area contributed by atoms with Crippen LogP contribution in [0.2, 0.25) is 0 Å². The van der Waals surface area contributed by atoms with Crippen molar-refractivity contribution in [3.63, 3.8) is 0 Å². The first-order valence-electron chi connectivity index (χ1n) is 2.45. The molecule has 0 aliphatic carbocycles. The molecule has 0 saturated carbocycles. The highest BCUT2D eigenvalue weighted by atomic mass is 35.5. The minimum absolute atomic E-state index is 0.595. The van der Waals surface area contributed by atoms with Crippen LogP contribution in [0, 0.1) is 5.92 Å². The molecule has 0 saturated heterocycles. The minimum atomic E-state index is 0.595. The summed E-state index contributed by atoms with van der Waals surface area (Å²) in [4.78, 5) is 0. The van der Waals surface area contributed by atoms with Gasteiger partial charge in [0, 0.05) is 5.54 Å². The van der Waals surface area contributed by atoms with Crippen molar-refractivity contribution in [2.45, 2.75) is 20.8 Å². The molecule has 0 aromatic heterocycles. The van der Waals surface area contributed by atoms with E-state index in [0.717, 1.165) is 0 Å². The van der Waals surface area contributed by atoms with Gasteiger partial charge in [-0.25, -0.2) is 0 Å². The molecule has 0 unspecified atom stereocenters. The minimum Gasteiger partial charge on any atom is -0.0930 e. The highest BCUT2D eigenvalue weighted by Crippen LogP contribution is 2.07. The molecule has 0 atom stereocenters. The lowest BCUT2D eigenvalue weighted by atomic mass is 10.1. The average Bonchev–Trinajstić information content (AvgIpc) is 1.65. The molecule has 1 heteroatoms. The molecule has 0 amide bonds. The third kappa shape index (κ3) is 2.69. The first-order chi connectivity index (χ1) is 3.18. The van der Waals surface area contributed by atoms with Gasteiger partial charge in [0.1, 0.15) is 0 Å². The predicted octanol–water partition coefficient (Wildman–Crippen LogP) is 2.79. The Morgan fingerprint density at radius 2 is 2.00 bits per heavy atom. The second-order valence-electron chi connectivity index (χ2n) is 2.01. The topological polar surface area (TPSA) is 0 Å². The van der Waals surface area contributed by atoms with Crippen molar-refractivity contribution in [1.29, 1.82) is 0 Å². The summed E-state index contributed by atoms with van der Waals surface area (Å²) in [6, 6.07) is 0. The Labute approximate surface area is 50.2 Å². The third-order valence-electron chi connectivity index (χ3n) is 1.08. The Balaban J connectivity index is 3.56. The summed E-state index contributed by atoms with van der Waals surface area (Å²) in [7, 11) is 0. The van der Waals surface area contributed by atoms with Gasteiger partial charge >= 0.3 is 0 Å². The predicted molar refractivity (Wildman–Crippen MR) is 34.4 cm³/mol. The van der Waals surface area contributed by atoms with Gasteiger partial charge in [-0.05, 0) is 12.8 Å². The highest BCUT2D eigenvalue weighted by Gasteiger charge is 1.91. The van der Waals surface area contributed by atoms with Crippen LogP contribution in [0.4, 0.5) is 0 Å². The van der Waals surface area contributed by atoms with Crippen LogP contribution >= 0.6 is 11.6 Å². The molecule has 0 aliphatic heterocycles. The van der Waals surface area contributed by atoms with E-state index in [4.69, 9.17) is 11.6 Å². The van der Waals surface area contributed by atoms with Crippen molar-refractivity contribution in [3.8, 4) is 0 Å². The van der Waals surface area contributed by atoms with Gasteiger partial charge in [-0.3, -0.25) is 0 Å². The Bertz CT molecular complexity index is 72.2. The molecule has 0 aromatic carbocycles. The second-order valence-corrected chi connectivity index (χ2v) is 2.23. The van der Waals surface area contributed by atoms with E-state index in [0.29, 0.717) is 5.92 Å². The SMILES string of the molecule is CC(=CCl)C(C)C. The molecule has 0 fully saturated rings. The second kappa shape index (κ2) is 3.09. The zero-order chi connectivity index (χ0) is 5.86. The van der Waals surface area contributed by atoms with Gasteiger partial charge in [0.2, 0.25) is 0 Å². The molecule has 0 aromatic rings. The highest BCUT2D eigenvalue weighted by molar-refractivity contribution is 6.25. The summed E-state index contributed by atoms with van der Waals surface area (Å²) in [6.45, 7) is 6.26. The third-order valence-corrected chi connectivity index (χ3v) is 1.43. The molecule has 0 bridgehead atoms. The van der Waals surface area contributed by atoms with Gasteiger partial charge < -0.3 is 0 Å². The summed E-state index contributed by atoms with van der Waals surface area (Å²) in [5, 5.41) is 0. The molecular formula is C6H11Cl. The number of allylic oxidation sites excluding steroid dienone is 1. The van der Waals surface area contributed by atoms with Crippen molar-refractivity contribution in [2.24, 2.45) is 5.92 Å². The molecule has 0 spiro atoms. The van der Waals surface area contributed by atoms with Crippen LogP contribution in [0.15, 0.2) is 11.1 Å². The van der Waals surface area contributed by atoms with Gasteiger partial charge in [0.05, 0.1) is 0 Å². The van der Waals surface area contributed by atoms with Gasteiger partial charge in [0.25, 0.3) is 0 Å². The lowest BCUT2D eigenvalue weighted by Crippen LogP contribution is -1.85. The standard InChI is InChI=1S/C6H11Cl/c1-5(2)6(3)4-7/h4-5H,1-3H3. The largest absolute Gasteiger partial charge is 0.0930 e. The first-order valence-corrected chi connectivity index (χ1v) is 2.89. The maximum absolute atomic E-state index is 5.38. The Kier molecular flexibility index (Phi) is 3.10. The van der Waals surface area contributed by atoms with Crippen LogP contribution in [0.3, 0.4) is 0 Å². The van der Waals surface area contributed by atoms with Crippen LogP contribution in [-0.2, 0) is 0 Å². The quantitative estimate of drug-likeness (QED) is 0.497. The van der Waals surface area contributed by atoms with Gasteiger partial charge in [-0.2, -0.15) is 0 Å². The summed E-state index contributed by atoms with van der Waals surface area (Å²) in [5.41, 5.74) is 2.87. The molecule has 0 nitrogen and oxygen atoms in total. The number of hydrogen-bond acceptors (Lipinski definition) is 0. The number of rotatable bonds is 1. The summed E-state index contributed by atoms with van der Waals surface area (Å²) >= 11 is 5.38. The average molecular weight is 119 g/mol. The van der Waals surface area contributed by atoms with Crippen LogP contribution in [0.1, 0.15) is 20.8 Å². The normalized spacial score (nSPS) is 13.0. The van der Waals surface area contributed by atoms with Gasteiger partial charge in [-0.15, -0.1) is 0 Å². The molecule has 7 heavy (non-hydrogen) atoms. The van der Waals surface area contributed by atoms with E-state index in [9.17, 15) is 0 Å². The van der Waals surface area contributed by atoms with Crippen molar-refractivity contribution < 1.29 is 0 Å². The fourth-order valence-corrected chi connectivity index (χ4v) is 0.378. The monoisotopic (exact) mass is 118 g/mol. The maximum atomic E-state index is 5.38. The summed E-state index contributed by atoms with van der Waals surface area (Å²) in [6.07, 6.45) is 0. The Hall–Kier alpha value is 0.0300. The zero-order valence-corrected chi connectivity index (χ0v) is 5.79. The van der Waals surface area contributed by atoms with E-state index in [2.05, 4.69) is 13.8 Å². The lowest BCUT2D eigenvalue weighted by molar-refractivity contribution is 0.771. The molecule has 0 radical (unpaired) electrons. The molecule has 42 valence electrons. The summed E-state index contributed by atoms with van der Waals surface area (Å²) < 4.78 is 0. The number of halogens is 1. The van der Waals surface area contributed by atoms with E-state index in [1.807, 2.05) is 6.92 Å². The maximum Gasteiger partial charge on any atom is 0.00342 e. The number of hydrogen-bond donors (Lipinski definition) is 0. The van der Waals surface area contributed by atoms with Crippen LogP contribution in [0.5, 0.6) is 0 Å². The van der Waals surface area contributed by atoms with Crippen molar-refractivity contribution in [3.05, 3.63) is 11.1 Å². The molecule has 0 aliphatic rings. The van der Waals surface area contributed by atoms with E-state index in [-0.39, 0.29) is 0 Å². The van der Waals surface area contributed by atoms with Gasteiger partial charge in [0.15, 0.2) is 0 Å². The van der Waals surface area contributed by atoms with Crippen molar-refractivity contribution >= 4 is 11.6 Å². The van der Waals surface area contributed by atoms with E-state index in [1.54, 1.807) is 5.54 Å². The van der Waals surface area contributed by atoms with E-state index in [1.165, 1.54) is 5.57 Å². The Morgan fingerprint density at radius 1 is 1.57 bits per heavy atom. The molecular weight excluding hydrogens is 108 g/mol. The van der Waals surface area contributed by atoms with Crippen molar-refractivity contribution in [1.82, 2.24) is 0 Å². The van der Waals surface area contributed by atoms with Crippen LogP contribution in [0.25, 0.3) is 0 Å². The van der Waals surface area contributed by atoms with E-state index >= 15 is 0 Å². The van der Waals surface area contributed by atoms with Gasteiger partial charge in [-0.1, -0.05) is 31.0 Å². The summed E-state index contributed by atoms with van der Waals surface area (Å²) in [5.74, 6) is 0.595. The van der Waals surface area contributed by atoms with Crippen molar-refractivity contribution in [2.75, 3.05) is 0 Å². The smallest absolute Gasteiger partial charge is 0.00342 e. The lowest BCUT2D eigenvalue weighted by Gasteiger charge is -1.99. The Morgan fingerprint density at radius 3 is 2.00 bits per heavy atom. The first kappa shape index (κ1) is 7.03. The fraction of sp³-hybridized carbons (Fsp3) is 0.667. The fourth-order valence-electron chi connectivity index (χ4n) is 0.126. The van der Waals surface area contributed by atoms with E-state index < -0.39 is 0 Å². The van der Waals surface area contributed by atoms with Crippen LogP contribution < -0.4 is 0 Å².